The molecule has 0 heterocycles. The summed E-state index contributed by atoms with van der Waals surface area (Å²) in [5.74, 6) is -0.844. The third-order valence-corrected chi connectivity index (χ3v) is 3.98. The van der Waals surface area contributed by atoms with Crippen molar-refractivity contribution in [3.63, 3.8) is 0 Å². The molecular formula is C20H22F6O6. The van der Waals surface area contributed by atoms with Crippen LogP contribution in [0.1, 0.15) is 11.1 Å². The summed E-state index contributed by atoms with van der Waals surface area (Å²) in [6, 6.07) is 5.90. The van der Waals surface area contributed by atoms with E-state index in [2.05, 4.69) is 14.2 Å². The Morgan fingerprint density at radius 3 is 0.969 bits per heavy atom. The normalized spacial score (nSPS) is 11.1. The summed E-state index contributed by atoms with van der Waals surface area (Å²) in [5, 5.41) is 0. The zero-order chi connectivity index (χ0) is 24.7. The molecule has 6 nitrogen and oxygen atoms in total. The number of alkyl halides is 6. The van der Waals surface area contributed by atoms with E-state index in [1.54, 1.807) is 39.5 Å². The van der Waals surface area contributed by atoms with Crippen molar-refractivity contribution in [1.29, 1.82) is 0 Å². The minimum Gasteiger partial charge on any atom is -0.496 e. The van der Waals surface area contributed by atoms with Crippen molar-refractivity contribution in [2.24, 2.45) is 0 Å². The molecule has 0 aromatic heterocycles. The summed E-state index contributed by atoms with van der Waals surface area (Å²) in [6.45, 7) is 0. The van der Waals surface area contributed by atoms with E-state index in [1.165, 1.54) is 0 Å². The van der Waals surface area contributed by atoms with E-state index in [0.29, 0.717) is 13.2 Å². The van der Waals surface area contributed by atoms with Crippen molar-refractivity contribution in [3.8, 4) is 34.5 Å². The van der Waals surface area contributed by atoms with Crippen molar-refractivity contribution in [3.05, 3.63) is 35.4 Å². The van der Waals surface area contributed by atoms with Crippen LogP contribution in [0.15, 0.2) is 24.3 Å². The molecule has 12 heteroatoms. The van der Waals surface area contributed by atoms with Gasteiger partial charge in [-0.2, -0.15) is 26.3 Å². The maximum absolute atomic E-state index is 12.9. The largest absolute Gasteiger partial charge is 0.496 e. The van der Waals surface area contributed by atoms with Gasteiger partial charge in [-0.25, -0.2) is 0 Å². The molecule has 2 aromatic carbocycles. The Kier molecular flexibility index (Phi) is 9.16. The Balaban J connectivity index is 0.000000363. The fourth-order valence-corrected chi connectivity index (χ4v) is 2.57. The number of methoxy groups -OCH3 is 6. The zero-order valence-corrected chi connectivity index (χ0v) is 18.0. The molecule has 0 aliphatic carbocycles. The molecule has 0 N–H and O–H groups in total. The molecule has 2 aromatic rings. The second-order valence-electron chi connectivity index (χ2n) is 5.81. The summed E-state index contributed by atoms with van der Waals surface area (Å²) in [6.07, 6.45) is -10.2. The van der Waals surface area contributed by atoms with Gasteiger partial charge in [0, 0.05) is 24.3 Å². The molecule has 0 spiro atoms. The van der Waals surface area contributed by atoms with Gasteiger partial charge in [-0.05, 0) is 0 Å². The van der Waals surface area contributed by atoms with Crippen molar-refractivity contribution < 1.29 is 54.8 Å². The number of halogens is 6. The average Bonchev–Trinajstić information content (AvgIpc) is 2.75. The first-order chi connectivity index (χ1) is 14.9. The van der Waals surface area contributed by atoms with Crippen LogP contribution in [0.2, 0.25) is 0 Å². The number of ether oxygens (including phenoxy) is 6. The summed E-state index contributed by atoms with van der Waals surface area (Å²) in [5.41, 5.74) is -3.29. The Bertz CT molecular complexity index is 800. The van der Waals surface area contributed by atoms with Crippen molar-refractivity contribution in [2.75, 3.05) is 42.7 Å². The third-order valence-electron chi connectivity index (χ3n) is 3.98. The van der Waals surface area contributed by atoms with E-state index in [0.717, 1.165) is 31.5 Å². The Labute approximate surface area is 180 Å². The Hall–Kier alpha value is -3.18. The van der Waals surface area contributed by atoms with Gasteiger partial charge in [-0.15, -0.1) is 0 Å². The predicted octanol–water partition coefficient (Wildman–Crippen LogP) is 5.46. The van der Waals surface area contributed by atoms with E-state index in [1.807, 2.05) is 0 Å². The van der Waals surface area contributed by atoms with E-state index >= 15 is 0 Å². The lowest BCUT2D eigenvalue weighted by molar-refractivity contribution is -0.146. The molecule has 0 aliphatic rings. The highest BCUT2D eigenvalue weighted by Gasteiger charge is 2.47. The van der Waals surface area contributed by atoms with Crippen LogP contribution in [0.3, 0.4) is 0 Å². The highest BCUT2D eigenvalue weighted by Crippen LogP contribution is 2.52. The molecule has 0 bridgehead atoms. The van der Waals surface area contributed by atoms with Crippen molar-refractivity contribution in [1.82, 2.24) is 0 Å². The Morgan fingerprint density at radius 1 is 0.469 bits per heavy atom. The van der Waals surface area contributed by atoms with Crippen LogP contribution in [0.4, 0.5) is 26.3 Å². The molecule has 32 heavy (non-hydrogen) atoms. The van der Waals surface area contributed by atoms with Gasteiger partial charge in [0.05, 0.1) is 42.7 Å². The lowest BCUT2D eigenvalue weighted by Gasteiger charge is -2.22. The lowest BCUT2D eigenvalue weighted by Crippen LogP contribution is -2.16. The molecule has 0 unspecified atom stereocenters. The van der Waals surface area contributed by atoms with E-state index < -0.39 is 40.7 Å². The predicted molar refractivity (Wildman–Crippen MR) is 102 cm³/mol. The molecule has 0 radical (unpaired) electrons. The molecule has 0 saturated heterocycles. The van der Waals surface area contributed by atoms with Crippen molar-refractivity contribution in [2.45, 2.75) is 12.4 Å². The topological polar surface area (TPSA) is 55.4 Å². The number of benzene rings is 2. The first kappa shape index (κ1) is 26.9. The molecule has 0 amide bonds. The zero-order valence-electron chi connectivity index (χ0n) is 18.0. The average molecular weight is 472 g/mol. The minimum absolute atomic E-state index is 0.522. The second kappa shape index (κ2) is 10.9. The van der Waals surface area contributed by atoms with Crippen LogP contribution in [-0.4, -0.2) is 42.7 Å². The molecule has 0 atom stereocenters. The highest BCUT2D eigenvalue weighted by molar-refractivity contribution is 5.59. The summed E-state index contributed by atoms with van der Waals surface area (Å²) in [4.78, 5) is 0. The third kappa shape index (κ3) is 6.41. The Morgan fingerprint density at radius 2 is 0.781 bits per heavy atom. The fourth-order valence-electron chi connectivity index (χ4n) is 2.57. The first-order valence-corrected chi connectivity index (χ1v) is 8.62. The van der Waals surface area contributed by atoms with Gasteiger partial charge in [0.1, 0.15) is 39.9 Å². The quantitative estimate of drug-likeness (QED) is 0.521. The molecular weight excluding hydrogens is 450 g/mol. The van der Waals surface area contributed by atoms with Gasteiger partial charge in [0.25, 0.3) is 0 Å². The highest BCUT2D eigenvalue weighted by atomic mass is 19.4. The van der Waals surface area contributed by atoms with Gasteiger partial charge >= 0.3 is 12.4 Å². The van der Waals surface area contributed by atoms with Gasteiger partial charge in [0.15, 0.2) is 5.75 Å². The second-order valence-corrected chi connectivity index (χ2v) is 5.81. The SMILES string of the molecule is COc1cc(OC)c(C(F)(F)F)c(OC)c1C(F)(F)F.COc1cc(OC)cc(OC)c1. The van der Waals surface area contributed by atoms with Gasteiger partial charge in [-0.3, -0.25) is 0 Å². The minimum atomic E-state index is -5.08. The monoisotopic (exact) mass is 472 g/mol. The van der Waals surface area contributed by atoms with Crippen LogP contribution in [0.25, 0.3) is 0 Å². The fraction of sp³-hybridized carbons (Fsp3) is 0.400. The maximum atomic E-state index is 12.9. The van der Waals surface area contributed by atoms with Crippen LogP contribution in [0.5, 0.6) is 34.5 Å². The first-order valence-electron chi connectivity index (χ1n) is 8.62. The van der Waals surface area contributed by atoms with E-state index in [4.69, 9.17) is 14.2 Å². The van der Waals surface area contributed by atoms with Gasteiger partial charge < -0.3 is 28.4 Å². The summed E-state index contributed by atoms with van der Waals surface area (Å²) in [7, 11) is 7.32. The molecule has 0 aliphatic heterocycles. The molecule has 2 rings (SSSR count). The van der Waals surface area contributed by atoms with Gasteiger partial charge in [-0.1, -0.05) is 0 Å². The van der Waals surface area contributed by atoms with Crippen LogP contribution < -0.4 is 28.4 Å². The number of rotatable bonds is 6. The van der Waals surface area contributed by atoms with Crippen molar-refractivity contribution >= 4 is 0 Å². The summed E-state index contributed by atoms with van der Waals surface area (Å²) >= 11 is 0. The lowest BCUT2D eigenvalue weighted by atomic mass is 10.0. The van der Waals surface area contributed by atoms with E-state index in [-0.39, 0.29) is 0 Å². The molecule has 180 valence electrons. The number of hydrogen-bond donors (Lipinski definition) is 0. The van der Waals surface area contributed by atoms with Gasteiger partial charge in [0.2, 0.25) is 0 Å². The molecule has 0 fully saturated rings. The smallest absolute Gasteiger partial charge is 0.423 e. The maximum Gasteiger partial charge on any atom is 0.423 e. The standard InChI is InChI=1S/C11H10F6O3.C9H12O3/c1-18-5-4-6(19-2)8(11(15,16)17)9(20-3)7(5)10(12,13)14;1-10-7-4-8(11-2)6-9(5-7)12-3/h4H,1-3H3;4-6H,1-3H3. The summed E-state index contributed by atoms with van der Waals surface area (Å²) < 4.78 is 106. The van der Waals surface area contributed by atoms with Crippen LogP contribution >= 0.6 is 0 Å². The van der Waals surface area contributed by atoms with E-state index in [9.17, 15) is 26.3 Å². The number of hydrogen-bond acceptors (Lipinski definition) is 6. The van der Waals surface area contributed by atoms with Crippen LogP contribution in [-0.2, 0) is 12.4 Å². The van der Waals surface area contributed by atoms with Crippen LogP contribution in [0, 0.1) is 0 Å². The molecule has 0 saturated carbocycles.